The molecule has 1 atom stereocenters. The molecule has 154 valence electrons. The molecule has 0 unspecified atom stereocenters. The molecule has 0 saturated carbocycles. The predicted octanol–water partition coefficient (Wildman–Crippen LogP) is 2.37. The summed E-state index contributed by atoms with van der Waals surface area (Å²) < 4.78 is 4.51. The van der Waals surface area contributed by atoms with Gasteiger partial charge in [0.2, 0.25) is 0 Å². The summed E-state index contributed by atoms with van der Waals surface area (Å²) in [6, 6.07) is 7.61. The first-order valence-electron chi connectivity index (χ1n) is 9.97. The van der Waals surface area contributed by atoms with Crippen molar-refractivity contribution in [2.75, 3.05) is 13.1 Å². The second-order valence-electron chi connectivity index (χ2n) is 8.07. The van der Waals surface area contributed by atoms with Crippen molar-refractivity contribution in [3.05, 3.63) is 61.5 Å². The van der Waals surface area contributed by atoms with Crippen molar-refractivity contribution in [3.8, 4) is 0 Å². The molecular weight excluding hydrogens is 390 g/mol. The number of nitrogens with zero attached hydrogens (tertiary/aromatic N) is 5. The van der Waals surface area contributed by atoms with Gasteiger partial charge in [0, 0.05) is 25.7 Å². The summed E-state index contributed by atoms with van der Waals surface area (Å²) in [6.07, 6.45) is 2.40. The fraction of sp³-hybridized carbons (Fsp3) is 0.476. The number of likely N-dealkylation sites (tertiary alicyclic amines) is 1. The van der Waals surface area contributed by atoms with Crippen molar-refractivity contribution in [2.24, 2.45) is 20.0 Å². The number of imidazole rings is 1. The van der Waals surface area contributed by atoms with Crippen LogP contribution in [0, 0.1) is 5.92 Å². The van der Waals surface area contributed by atoms with E-state index in [0.717, 1.165) is 35.5 Å². The number of hydrogen-bond acceptors (Lipinski definition) is 4. The molecule has 2 aromatic heterocycles. The summed E-state index contributed by atoms with van der Waals surface area (Å²) >= 11 is 6.40. The van der Waals surface area contributed by atoms with E-state index < -0.39 is 0 Å². The minimum absolute atomic E-state index is 0.332. The smallest absolute Gasteiger partial charge is 0.316 e. The van der Waals surface area contributed by atoms with Gasteiger partial charge in [-0.3, -0.25) is 18.8 Å². The molecule has 0 spiro atoms. The molecule has 7 nitrogen and oxygen atoms in total. The first kappa shape index (κ1) is 19.9. The third-order valence-corrected chi connectivity index (χ3v) is 6.19. The van der Waals surface area contributed by atoms with Gasteiger partial charge in [-0.05, 0) is 36.9 Å². The van der Waals surface area contributed by atoms with Gasteiger partial charge in [-0.15, -0.1) is 0 Å². The van der Waals surface area contributed by atoms with Crippen LogP contribution in [0.25, 0.3) is 11.2 Å². The summed E-state index contributed by atoms with van der Waals surface area (Å²) in [6.45, 7) is 5.35. The van der Waals surface area contributed by atoms with E-state index in [9.17, 15) is 9.59 Å². The van der Waals surface area contributed by atoms with E-state index in [2.05, 4.69) is 11.8 Å². The fourth-order valence-electron chi connectivity index (χ4n) is 4.21. The minimum Gasteiger partial charge on any atom is -0.316 e. The molecule has 8 heteroatoms. The highest BCUT2D eigenvalue weighted by Gasteiger charge is 2.23. The topological polar surface area (TPSA) is 65.1 Å². The number of piperidine rings is 1. The molecule has 1 aromatic carbocycles. The number of aryl methyl sites for hydroxylation is 1. The predicted molar refractivity (Wildman–Crippen MR) is 114 cm³/mol. The Bertz CT molecular complexity index is 1180. The average molecular weight is 416 g/mol. The van der Waals surface area contributed by atoms with Crippen LogP contribution in [0.15, 0.2) is 33.9 Å². The summed E-state index contributed by atoms with van der Waals surface area (Å²) in [5.41, 5.74) is 1.07. The van der Waals surface area contributed by atoms with Gasteiger partial charge in [0.25, 0.3) is 5.56 Å². The van der Waals surface area contributed by atoms with Crippen molar-refractivity contribution in [2.45, 2.75) is 32.9 Å². The number of halogens is 1. The number of rotatable bonds is 4. The molecule has 0 amide bonds. The number of fused-ring (bicyclic) bond motifs is 1. The van der Waals surface area contributed by atoms with Gasteiger partial charge in [-0.25, -0.2) is 9.78 Å². The molecule has 0 N–H and O–H groups in total. The molecule has 3 heterocycles. The normalized spacial score (nSPS) is 17.9. The Balaban J connectivity index is 1.88. The van der Waals surface area contributed by atoms with Gasteiger partial charge in [-0.2, -0.15) is 0 Å². The first-order valence-corrected chi connectivity index (χ1v) is 10.4. The maximum Gasteiger partial charge on any atom is 0.332 e. The summed E-state index contributed by atoms with van der Waals surface area (Å²) in [7, 11) is 3.16. The molecule has 29 heavy (non-hydrogen) atoms. The zero-order chi connectivity index (χ0) is 20.7. The quantitative estimate of drug-likeness (QED) is 0.656. The maximum atomic E-state index is 13.0. The van der Waals surface area contributed by atoms with Crippen LogP contribution in [0.4, 0.5) is 0 Å². The van der Waals surface area contributed by atoms with E-state index >= 15 is 0 Å². The maximum absolute atomic E-state index is 13.0. The molecule has 1 aliphatic rings. The molecular formula is C21H26ClN5O2. The summed E-state index contributed by atoms with van der Waals surface area (Å²) in [4.78, 5) is 32.5. The Kier molecular flexibility index (Phi) is 5.36. The van der Waals surface area contributed by atoms with E-state index in [1.807, 2.05) is 28.8 Å². The molecule has 0 bridgehead atoms. The third-order valence-electron chi connectivity index (χ3n) is 5.82. The lowest BCUT2D eigenvalue weighted by Crippen LogP contribution is -2.37. The lowest BCUT2D eigenvalue weighted by atomic mass is 10.0. The summed E-state index contributed by atoms with van der Waals surface area (Å²) in [5.74, 6) is 1.43. The molecule has 4 rings (SSSR count). The molecule has 0 aliphatic carbocycles. The number of aromatic nitrogens is 4. The van der Waals surface area contributed by atoms with Crippen molar-refractivity contribution in [3.63, 3.8) is 0 Å². The van der Waals surface area contributed by atoms with E-state index in [1.54, 1.807) is 7.05 Å². The zero-order valence-electron chi connectivity index (χ0n) is 17.1. The van der Waals surface area contributed by atoms with Gasteiger partial charge >= 0.3 is 5.69 Å². The number of benzene rings is 1. The van der Waals surface area contributed by atoms with E-state index in [1.165, 1.54) is 18.0 Å². The SMILES string of the molecule is C[C@H]1CCCN(Cc2nc3c(c(=O)n(C)c(=O)n3C)n2Cc2ccccc2Cl)C1. The van der Waals surface area contributed by atoms with Crippen molar-refractivity contribution >= 4 is 22.8 Å². The Hall–Kier alpha value is -2.38. The second kappa shape index (κ2) is 7.80. The number of hydrogen-bond donors (Lipinski definition) is 0. The molecule has 1 fully saturated rings. The van der Waals surface area contributed by atoms with Gasteiger partial charge in [0.05, 0.1) is 13.1 Å². The van der Waals surface area contributed by atoms with Crippen molar-refractivity contribution < 1.29 is 0 Å². The van der Waals surface area contributed by atoms with Crippen LogP contribution >= 0.6 is 11.6 Å². The van der Waals surface area contributed by atoms with Crippen LogP contribution in [0.3, 0.4) is 0 Å². The molecule has 0 radical (unpaired) electrons. The fourth-order valence-corrected chi connectivity index (χ4v) is 4.41. The third kappa shape index (κ3) is 3.65. The van der Waals surface area contributed by atoms with Crippen LogP contribution in [-0.2, 0) is 27.2 Å². The highest BCUT2D eigenvalue weighted by atomic mass is 35.5. The van der Waals surface area contributed by atoms with Crippen LogP contribution in [0.5, 0.6) is 0 Å². The average Bonchev–Trinajstić information content (AvgIpc) is 3.04. The molecule has 3 aromatic rings. The Labute approximate surface area is 174 Å². The second-order valence-corrected chi connectivity index (χ2v) is 8.47. The van der Waals surface area contributed by atoms with Gasteiger partial charge in [0.15, 0.2) is 11.2 Å². The lowest BCUT2D eigenvalue weighted by molar-refractivity contribution is 0.171. The minimum atomic E-state index is -0.372. The van der Waals surface area contributed by atoms with Crippen LogP contribution in [0.1, 0.15) is 31.2 Å². The first-order chi connectivity index (χ1) is 13.9. The Morgan fingerprint density at radius 1 is 1.14 bits per heavy atom. The van der Waals surface area contributed by atoms with Crippen molar-refractivity contribution in [1.82, 2.24) is 23.6 Å². The highest BCUT2D eigenvalue weighted by molar-refractivity contribution is 6.31. The van der Waals surface area contributed by atoms with E-state index in [0.29, 0.717) is 35.2 Å². The standard InChI is InChI=1S/C21H26ClN5O2/c1-14-7-6-10-26(11-14)13-17-23-19-18(20(28)25(3)21(29)24(19)2)27(17)12-15-8-4-5-9-16(15)22/h4-5,8-9,14H,6-7,10-13H2,1-3H3/t14-/m0/s1. The Morgan fingerprint density at radius 3 is 2.62 bits per heavy atom. The van der Waals surface area contributed by atoms with Crippen LogP contribution in [0.2, 0.25) is 5.02 Å². The van der Waals surface area contributed by atoms with E-state index in [-0.39, 0.29) is 11.2 Å². The van der Waals surface area contributed by atoms with Gasteiger partial charge < -0.3 is 4.57 Å². The summed E-state index contributed by atoms with van der Waals surface area (Å²) in [5, 5.41) is 0.647. The molecule has 1 saturated heterocycles. The van der Waals surface area contributed by atoms with E-state index in [4.69, 9.17) is 16.6 Å². The lowest BCUT2D eigenvalue weighted by Gasteiger charge is -2.30. The zero-order valence-corrected chi connectivity index (χ0v) is 17.8. The monoisotopic (exact) mass is 415 g/mol. The highest BCUT2D eigenvalue weighted by Crippen LogP contribution is 2.22. The largest absolute Gasteiger partial charge is 0.332 e. The van der Waals surface area contributed by atoms with Crippen molar-refractivity contribution in [1.29, 1.82) is 0 Å². The van der Waals surface area contributed by atoms with Crippen LogP contribution < -0.4 is 11.2 Å². The molecule has 1 aliphatic heterocycles. The van der Waals surface area contributed by atoms with Gasteiger partial charge in [0.1, 0.15) is 5.82 Å². The van der Waals surface area contributed by atoms with Crippen LogP contribution in [-0.4, -0.2) is 36.7 Å². The Morgan fingerprint density at radius 2 is 1.90 bits per heavy atom. The van der Waals surface area contributed by atoms with Gasteiger partial charge in [-0.1, -0.05) is 36.7 Å².